The minimum Gasteiger partial charge on any atom is -0.277 e. The van der Waals surface area contributed by atoms with Crippen LogP contribution in [0.15, 0.2) is 170 Å². The SMILES string of the molecule is CC1(C)c2cc(-c3cc(-c4ccc(-c5nc6cccnc6n5-c5ccccc5)cc4)cc(-c4nc5ccccn5n4)c3)ccc2-c2c1ccc1ccccc21. The first-order valence-corrected chi connectivity index (χ1v) is 18.6. The van der Waals surface area contributed by atoms with Crippen LogP contribution in [0.25, 0.3) is 89.4 Å². The van der Waals surface area contributed by atoms with Crippen molar-refractivity contribution < 1.29 is 0 Å². The quantitative estimate of drug-likeness (QED) is 0.179. The summed E-state index contributed by atoms with van der Waals surface area (Å²) in [6.45, 7) is 4.70. The fourth-order valence-electron chi connectivity index (χ4n) is 8.47. The summed E-state index contributed by atoms with van der Waals surface area (Å²) in [7, 11) is 0. The maximum Gasteiger partial charge on any atom is 0.182 e. The van der Waals surface area contributed by atoms with Crippen molar-refractivity contribution in [3.8, 4) is 61.8 Å². The molecule has 0 radical (unpaired) electrons. The Balaban J connectivity index is 1.05. The molecule has 55 heavy (non-hydrogen) atoms. The van der Waals surface area contributed by atoms with Gasteiger partial charge in [0.15, 0.2) is 17.1 Å². The van der Waals surface area contributed by atoms with Gasteiger partial charge in [-0.2, -0.15) is 0 Å². The molecule has 0 aliphatic heterocycles. The van der Waals surface area contributed by atoms with Crippen LogP contribution in [-0.2, 0) is 5.41 Å². The fourth-order valence-corrected chi connectivity index (χ4v) is 8.47. The van der Waals surface area contributed by atoms with E-state index in [1.54, 1.807) is 0 Å². The second kappa shape index (κ2) is 11.9. The smallest absolute Gasteiger partial charge is 0.182 e. The molecular formula is C49H34N6. The summed E-state index contributed by atoms with van der Waals surface area (Å²) >= 11 is 0. The van der Waals surface area contributed by atoms with E-state index in [-0.39, 0.29) is 5.41 Å². The standard InChI is InChI=1S/C49H34N6/c1-49(2)41-24-22-32-11-6-7-14-39(32)45(41)40-23-21-34(30-42(40)49)36-27-35(28-37(29-36)46-52-44-16-8-9-26-54(44)53-46)31-17-19-33(20-18-31)47-51-43-15-10-25-50-48(43)55(47)38-12-4-3-5-13-38/h3-30H,1-2H3. The van der Waals surface area contributed by atoms with E-state index < -0.39 is 0 Å². The molecule has 11 rings (SSSR count). The van der Waals surface area contributed by atoms with E-state index in [2.05, 4.69) is 128 Å². The average Bonchev–Trinajstić information content (AvgIpc) is 3.92. The Bertz CT molecular complexity index is 3080. The fraction of sp³-hybridized carbons (Fsp3) is 0.0612. The molecule has 0 bridgehead atoms. The molecule has 0 atom stereocenters. The molecule has 6 heteroatoms. The van der Waals surface area contributed by atoms with Crippen LogP contribution in [0.4, 0.5) is 0 Å². The Labute approximate surface area is 318 Å². The molecular weight excluding hydrogens is 673 g/mol. The van der Waals surface area contributed by atoms with Gasteiger partial charge in [-0.25, -0.2) is 19.5 Å². The van der Waals surface area contributed by atoms with E-state index in [0.717, 1.165) is 61.7 Å². The molecule has 0 fully saturated rings. The van der Waals surface area contributed by atoms with E-state index in [1.807, 2.05) is 65.4 Å². The average molecular weight is 707 g/mol. The molecule has 4 aromatic heterocycles. The van der Waals surface area contributed by atoms with Crippen molar-refractivity contribution in [2.75, 3.05) is 0 Å². The van der Waals surface area contributed by atoms with Crippen molar-refractivity contribution in [3.63, 3.8) is 0 Å². The topological polar surface area (TPSA) is 60.9 Å². The third-order valence-electron chi connectivity index (χ3n) is 11.2. The molecule has 0 saturated carbocycles. The van der Waals surface area contributed by atoms with Gasteiger partial charge in [0.25, 0.3) is 0 Å². The van der Waals surface area contributed by atoms with Gasteiger partial charge in [0.1, 0.15) is 11.3 Å². The van der Waals surface area contributed by atoms with Gasteiger partial charge in [0.05, 0.1) is 0 Å². The van der Waals surface area contributed by atoms with Gasteiger partial charge in [-0.1, -0.05) is 111 Å². The molecule has 1 aliphatic carbocycles. The predicted molar refractivity (Wildman–Crippen MR) is 222 cm³/mol. The van der Waals surface area contributed by atoms with Gasteiger partial charge in [0, 0.05) is 34.6 Å². The van der Waals surface area contributed by atoms with Gasteiger partial charge in [-0.3, -0.25) is 4.57 Å². The summed E-state index contributed by atoms with van der Waals surface area (Å²) in [6.07, 6.45) is 3.76. The zero-order valence-corrected chi connectivity index (χ0v) is 30.3. The van der Waals surface area contributed by atoms with Crippen LogP contribution >= 0.6 is 0 Å². The molecule has 4 heterocycles. The molecule has 1 aliphatic rings. The first kappa shape index (κ1) is 31.4. The third-order valence-corrected chi connectivity index (χ3v) is 11.2. The molecule has 6 nitrogen and oxygen atoms in total. The van der Waals surface area contributed by atoms with Gasteiger partial charge in [-0.15, -0.1) is 5.10 Å². The Kier molecular flexibility index (Phi) is 6.79. The number of nitrogens with zero attached hydrogens (tertiary/aromatic N) is 6. The Morgan fingerprint density at radius 1 is 0.545 bits per heavy atom. The molecule has 0 spiro atoms. The number of benzene rings is 6. The van der Waals surface area contributed by atoms with Crippen LogP contribution in [0.3, 0.4) is 0 Å². The highest BCUT2D eigenvalue weighted by molar-refractivity contribution is 6.03. The van der Waals surface area contributed by atoms with Crippen LogP contribution in [0, 0.1) is 0 Å². The van der Waals surface area contributed by atoms with Gasteiger partial charge in [0.2, 0.25) is 0 Å². The van der Waals surface area contributed by atoms with E-state index in [1.165, 1.54) is 33.0 Å². The van der Waals surface area contributed by atoms with Crippen molar-refractivity contribution >= 4 is 27.6 Å². The lowest BCUT2D eigenvalue weighted by Crippen LogP contribution is -2.15. The molecule has 0 N–H and O–H groups in total. The van der Waals surface area contributed by atoms with Gasteiger partial charge >= 0.3 is 0 Å². The number of pyridine rings is 2. The highest BCUT2D eigenvalue weighted by Crippen LogP contribution is 2.52. The third kappa shape index (κ3) is 4.95. The molecule has 0 unspecified atom stereocenters. The summed E-state index contributed by atoms with van der Waals surface area (Å²) in [6, 6.07) is 55.9. The van der Waals surface area contributed by atoms with E-state index >= 15 is 0 Å². The summed E-state index contributed by atoms with van der Waals surface area (Å²) < 4.78 is 3.97. The van der Waals surface area contributed by atoms with E-state index in [0.29, 0.717) is 5.82 Å². The van der Waals surface area contributed by atoms with Crippen molar-refractivity contribution in [3.05, 3.63) is 181 Å². The number of rotatable bonds is 5. The molecule has 260 valence electrons. The van der Waals surface area contributed by atoms with Crippen molar-refractivity contribution in [2.24, 2.45) is 0 Å². The molecule has 0 amide bonds. The minimum atomic E-state index is -0.143. The van der Waals surface area contributed by atoms with Crippen molar-refractivity contribution in [1.82, 2.24) is 29.1 Å². The summed E-state index contributed by atoms with van der Waals surface area (Å²) in [5.74, 6) is 1.54. The Morgan fingerprint density at radius 2 is 1.29 bits per heavy atom. The van der Waals surface area contributed by atoms with Crippen LogP contribution < -0.4 is 0 Å². The number of para-hydroxylation sites is 1. The molecule has 6 aromatic carbocycles. The normalized spacial score (nSPS) is 13.1. The summed E-state index contributed by atoms with van der Waals surface area (Å²) in [5.41, 5.74) is 15.2. The minimum absolute atomic E-state index is 0.143. The predicted octanol–water partition coefficient (Wildman–Crippen LogP) is 11.6. The first-order chi connectivity index (χ1) is 27.0. The zero-order valence-electron chi connectivity index (χ0n) is 30.3. The maximum absolute atomic E-state index is 5.04. The molecule has 0 saturated heterocycles. The second-order valence-corrected chi connectivity index (χ2v) is 14.9. The van der Waals surface area contributed by atoms with Crippen LogP contribution in [0.2, 0.25) is 0 Å². The van der Waals surface area contributed by atoms with Crippen molar-refractivity contribution in [1.29, 1.82) is 0 Å². The number of aromatic nitrogens is 6. The lowest BCUT2D eigenvalue weighted by Gasteiger charge is -2.22. The number of hydrogen-bond donors (Lipinski definition) is 0. The first-order valence-electron chi connectivity index (χ1n) is 18.6. The lowest BCUT2D eigenvalue weighted by molar-refractivity contribution is 0.661. The van der Waals surface area contributed by atoms with E-state index in [4.69, 9.17) is 20.1 Å². The highest BCUT2D eigenvalue weighted by atomic mass is 15.3. The Hall–Kier alpha value is -7.18. The monoisotopic (exact) mass is 706 g/mol. The van der Waals surface area contributed by atoms with Gasteiger partial charge in [-0.05, 0) is 116 Å². The van der Waals surface area contributed by atoms with Crippen LogP contribution in [-0.4, -0.2) is 29.1 Å². The van der Waals surface area contributed by atoms with E-state index in [9.17, 15) is 0 Å². The highest BCUT2D eigenvalue weighted by Gasteiger charge is 2.36. The zero-order chi connectivity index (χ0) is 36.7. The maximum atomic E-state index is 5.04. The number of fused-ring (bicyclic) bond motifs is 7. The summed E-state index contributed by atoms with van der Waals surface area (Å²) in [4.78, 5) is 14.7. The van der Waals surface area contributed by atoms with Crippen molar-refractivity contribution in [2.45, 2.75) is 19.3 Å². The second-order valence-electron chi connectivity index (χ2n) is 14.9. The molecule has 10 aromatic rings. The largest absolute Gasteiger partial charge is 0.277 e. The number of imidazole rings is 1. The van der Waals surface area contributed by atoms with Crippen LogP contribution in [0.5, 0.6) is 0 Å². The number of hydrogen-bond acceptors (Lipinski definition) is 4. The van der Waals surface area contributed by atoms with Gasteiger partial charge < -0.3 is 0 Å². The Morgan fingerprint density at radius 3 is 2.15 bits per heavy atom. The van der Waals surface area contributed by atoms with Crippen LogP contribution in [0.1, 0.15) is 25.0 Å². The summed E-state index contributed by atoms with van der Waals surface area (Å²) in [5, 5.41) is 7.47. The lowest BCUT2D eigenvalue weighted by atomic mass is 9.81.